The first-order chi connectivity index (χ1) is 29.8. The maximum atomic E-state index is 12.7. The number of ether oxygens (including phenoxy) is 3. The molecule has 4 N–H and O–H groups in total. The molecule has 0 aliphatic carbocycles. The normalized spacial score (nSPS) is 18.0. The predicted octanol–water partition coefficient (Wildman–Crippen LogP) is 10.5. The second-order valence-corrected chi connectivity index (χ2v) is 17.7. The summed E-state index contributed by atoms with van der Waals surface area (Å²) < 4.78 is 53.5. The van der Waals surface area contributed by atoms with Crippen LogP contribution in [0.2, 0.25) is 0 Å². The van der Waals surface area contributed by atoms with Gasteiger partial charge >= 0.3 is 27.6 Å². The van der Waals surface area contributed by atoms with Gasteiger partial charge in [-0.15, -0.1) is 0 Å². The van der Waals surface area contributed by atoms with Crippen LogP contribution in [0.4, 0.5) is 0 Å². The molecule has 14 nitrogen and oxygen atoms in total. The number of hydrogen-bond donors (Lipinski definition) is 4. The predicted molar refractivity (Wildman–Crippen MR) is 243 cm³/mol. The van der Waals surface area contributed by atoms with Gasteiger partial charge in [-0.2, -0.15) is 0 Å². The van der Waals surface area contributed by atoms with E-state index in [-0.39, 0.29) is 25.0 Å². The third-order valence-electron chi connectivity index (χ3n) is 9.16. The van der Waals surface area contributed by atoms with Crippen LogP contribution in [-0.2, 0) is 46.5 Å². The second-order valence-electron chi connectivity index (χ2n) is 15.0. The number of phosphoric ester groups is 2. The van der Waals surface area contributed by atoms with Gasteiger partial charge in [0.2, 0.25) is 0 Å². The van der Waals surface area contributed by atoms with Crippen LogP contribution >= 0.6 is 15.6 Å². The number of phosphoric acid groups is 2. The first-order valence-corrected chi connectivity index (χ1v) is 25.4. The van der Waals surface area contributed by atoms with Crippen molar-refractivity contribution in [2.45, 2.75) is 167 Å². The van der Waals surface area contributed by atoms with Crippen LogP contribution in [0.1, 0.15) is 142 Å². The van der Waals surface area contributed by atoms with Crippen molar-refractivity contribution in [1.82, 2.24) is 0 Å². The Morgan fingerprint density at radius 2 is 1.05 bits per heavy atom. The van der Waals surface area contributed by atoms with E-state index in [0.29, 0.717) is 19.3 Å². The van der Waals surface area contributed by atoms with E-state index in [1.165, 1.54) is 19.3 Å². The van der Waals surface area contributed by atoms with Crippen LogP contribution in [0, 0.1) is 0 Å². The highest BCUT2D eigenvalue weighted by Crippen LogP contribution is 2.44. The molecule has 1 aliphatic rings. The largest absolute Gasteiger partial charge is 0.472 e. The molecule has 354 valence electrons. The molecule has 0 spiro atoms. The van der Waals surface area contributed by atoms with Crippen molar-refractivity contribution < 1.29 is 66.3 Å². The lowest BCUT2D eigenvalue weighted by Gasteiger charge is -2.20. The highest BCUT2D eigenvalue weighted by atomic mass is 31.2. The van der Waals surface area contributed by atoms with Crippen molar-refractivity contribution in [1.29, 1.82) is 0 Å². The van der Waals surface area contributed by atoms with Gasteiger partial charge < -0.3 is 34.0 Å². The monoisotopic (exact) mass is 914 g/mol. The Labute approximate surface area is 371 Å². The number of aliphatic hydroxyl groups excluding tert-OH is 1. The van der Waals surface area contributed by atoms with Gasteiger partial charge in [-0.3, -0.25) is 23.2 Å². The molecule has 5 atom stereocenters. The Morgan fingerprint density at radius 3 is 1.66 bits per heavy atom. The number of unbranched alkanes of at least 4 members (excludes halogenated alkanes) is 8. The summed E-state index contributed by atoms with van der Waals surface area (Å²) in [6, 6.07) is 0. The minimum Gasteiger partial charge on any atom is -0.462 e. The Bertz CT molecular complexity index is 1480. The number of epoxide rings is 1. The first-order valence-electron chi connectivity index (χ1n) is 22.4. The molecular weight excluding hydrogens is 838 g/mol. The van der Waals surface area contributed by atoms with Gasteiger partial charge in [-0.05, 0) is 89.9 Å². The van der Waals surface area contributed by atoms with Crippen LogP contribution in [0.25, 0.3) is 0 Å². The van der Waals surface area contributed by atoms with E-state index in [2.05, 4.69) is 102 Å². The zero-order valence-corrected chi connectivity index (χ0v) is 38.9. The lowest BCUT2D eigenvalue weighted by molar-refractivity contribution is -0.161. The minimum absolute atomic E-state index is 0.0833. The van der Waals surface area contributed by atoms with Crippen LogP contribution in [-0.4, -0.2) is 82.6 Å². The van der Waals surface area contributed by atoms with Gasteiger partial charge in [0.1, 0.15) is 12.7 Å². The van der Waals surface area contributed by atoms with Gasteiger partial charge in [0, 0.05) is 12.8 Å². The fraction of sp³-hybridized carbons (Fsp3) is 0.652. The van der Waals surface area contributed by atoms with Gasteiger partial charge in [0.25, 0.3) is 0 Å². The van der Waals surface area contributed by atoms with Gasteiger partial charge in [-0.25, -0.2) is 9.13 Å². The molecule has 0 saturated carbocycles. The molecule has 0 amide bonds. The number of carbonyl (C=O) groups is 2. The number of carbonyl (C=O) groups excluding carboxylic acids is 2. The summed E-state index contributed by atoms with van der Waals surface area (Å²) in [6.07, 6.45) is 44.6. The van der Waals surface area contributed by atoms with Crippen molar-refractivity contribution in [2.24, 2.45) is 0 Å². The van der Waals surface area contributed by atoms with E-state index in [0.717, 1.165) is 77.0 Å². The molecule has 1 heterocycles. The quantitative estimate of drug-likeness (QED) is 0.0148. The number of esters is 2. The van der Waals surface area contributed by atoms with Crippen LogP contribution < -0.4 is 0 Å². The fourth-order valence-corrected chi connectivity index (χ4v) is 6.82. The zero-order chi connectivity index (χ0) is 45.6. The van der Waals surface area contributed by atoms with Gasteiger partial charge in [-0.1, -0.05) is 125 Å². The molecule has 1 aliphatic heterocycles. The summed E-state index contributed by atoms with van der Waals surface area (Å²) in [5.74, 6) is -1.14. The Hall–Kier alpha value is -2.74. The highest BCUT2D eigenvalue weighted by Gasteiger charge is 2.36. The Morgan fingerprint density at radius 1 is 0.565 bits per heavy atom. The minimum atomic E-state index is -4.88. The molecular formula is C46H76O14P2. The molecule has 0 aromatic rings. The molecule has 1 fully saturated rings. The van der Waals surface area contributed by atoms with Gasteiger partial charge in [0.05, 0.1) is 32.0 Å². The van der Waals surface area contributed by atoms with Gasteiger partial charge in [0.15, 0.2) is 6.10 Å². The van der Waals surface area contributed by atoms with Crippen molar-refractivity contribution >= 4 is 27.6 Å². The molecule has 0 aromatic carbocycles. The lowest BCUT2D eigenvalue weighted by Crippen LogP contribution is -2.30. The molecule has 1 rings (SSSR count). The maximum Gasteiger partial charge on any atom is 0.472 e. The molecule has 16 heteroatoms. The summed E-state index contributed by atoms with van der Waals surface area (Å²) in [4.78, 5) is 52.8. The van der Waals surface area contributed by atoms with E-state index in [1.807, 2.05) is 6.08 Å². The molecule has 0 radical (unpaired) electrons. The molecule has 0 aromatic heterocycles. The van der Waals surface area contributed by atoms with E-state index in [1.54, 1.807) is 0 Å². The number of rotatable bonds is 40. The first kappa shape index (κ1) is 57.3. The zero-order valence-electron chi connectivity index (χ0n) is 37.1. The van der Waals surface area contributed by atoms with Crippen LogP contribution in [0.3, 0.4) is 0 Å². The number of hydrogen-bond acceptors (Lipinski definition) is 11. The smallest absolute Gasteiger partial charge is 0.462 e. The molecule has 62 heavy (non-hydrogen) atoms. The molecule has 0 bridgehead atoms. The number of aliphatic hydroxyl groups is 1. The van der Waals surface area contributed by atoms with E-state index in [4.69, 9.17) is 28.5 Å². The van der Waals surface area contributed by atoms with Crippen molar-refractivity contribution in [2.75, 3.05) is 26.4 Å². The highest BCUT2D eigenvalue weighted by molar-refractivity contribution is 7.47. The fourth-order valence-electron chi connectivity index (χ4n) is 5.67. The standard InChI is InChI=1S/C46H76O14P2/c1-3-5-7-9-11-13-14-15-16-17-18-19-20-22-24-26-32-36-46(49)59-42(40-58-62(53,54)57-38-41(47)37-56-61(50,51)52)39-55-45(48)35-31-28-27-30-34-44-43(60-44)33-29-25-23-21-12-10-8-6-4-2/h5,7,11-13,15-16,18-19,21,25,27,29-30,41-44,47H,3-4,6,8-10,14,17,20,22-24,26,28,31-40H2,1-2H3,(H,53,54)(H2,50,51,52)/b7-5-,13-11-,16-15-,19-18-,21-12-,29-25-,30-27-/t41-,42+,43?,44?/m0/s1. The van der Waals surface area contributed by atoms with Crippen LogP contribution in [0.15, 0.2) is 85.1 Å². The Balaban J connectivity index is 2.42. The average Bonchev–Trinajstić information content (AvgIpc) is 3.99. The SMILES string of the molecule is CC/C=C\C/C=C\C/C=C\C/C=C\CCCCCCC(=O)O[C@H](COC(=O)CCC/C=C\CC1OC1C/C=C\C/C=C\CCCCC)COP(=O)(O)OC[C@@H](O)COP(=O)(O)O. The van der Waals surface area contributed by atoms with Crippen LogP contribution in [0.5, 0.6) is 0 Å². The topological polar surface area (TPSA) is 208 Å². The second kappa shape index (κ2) is 37.6. The van der Waals surface area contributed by atoms with E-state index >= 15 is 0 Å². The third kappa shape index (κ3) is 37.8. The average molecular weight is 915 g/mol. The molecule has 1 saturated heterocycles. The number of allylic oxidation sites excluding steroid dienone is 12. The van der Waals surface area contributed by atoms with Crippen molar-refractivity contribution in [3.05, 3.63) is 85.1 Å². The summed E-state index contributed by atoms with van der Waals surface area (Å²) in [5.41, 5.74) is 0. The summed E-state index contributed by atoms with van der Waals surface area (Å²) in [6.45, 7) is 1.50. The molecule has 3 unspecified atom stereocenters. The maximum absolute atomic E-state index is 12.7. The third-order valence-corrected chi connectivity index (χ3v) is 10.6. The van der Waals surface area contributed by atoms with Crippen molar-refractivity contribution in [3.63, 3.8) is 0 Å². The Kier molecular flexibility index (Phi) is 34.8. The summed E-state index contributed by atoms with van der Waals surface area (Å²) >= 11 is 0. The summed E-state index contributed by atoms with van der Waals surface area (Å²) in [7, 11) is -9.72. The lowest BCUT2D eigenvalue weighted by atomic mass is 10.1. The summed E-state index contributed by atoms with van der Waals surface area (Å²) in [5, 5.41) is 9.76. The van der Waals surface area contributed by atoms with E-state index < -0.39 is 66.2 Å². The van der Waals surface area contributed by atoms with Crippen molar-refractivity contribution in [3.8, 4) is 0 Å². The van der Waals surface area contributed by atoms with E-state index in [9.17, 15) is 28.7 Å².